The number of nitrogens with one attached hydrogen (secondary N) is 2. The smallest absolute Gasteiger partial charge is 0.0182 e. The molecule has 19 heavy (non-hydrogen) atoms. The van der Waals surface area contributed by atoms with Crippen molar-refractivity contribution >= 4 is 11.9 Å². The summed E-state index contributed by atoms with van der Waals surface area (Å²) in [5.74, 6) is 2.11. The van der Waals surface area contributed by atoms with Crippen molar-refractivity contribution in [1.29, 1.82) is 0 Å². The molecule has 3 fully saturated rings. The maximum Gasteiger partial charge on any atom is 0.0182 e. The Bertz CT molecular complexity index is 275. The number of piperidine rings is 1. The normalized spacial score (nSPS) is 31.7. The van der Waals surface area contributed by atoms with Crippen molar-refractivity contribution in [2.75, 3.05) is 38.5 Å². The Kier molecular flexibility index (Phi) is 4.73. The van der Waals surface area contributed by atoms with Gasteiger partial charge in [0.2, 0.25) is 0 Å². The molecule has 3 rings (SSSR count). The first-order chi connectivity index (χ1) is 9.30. The summed E-state index contributed by atoms with van der Waals surface area (Å²) in [6.07, 6.45) is 7.14. The second-order valence-electron chi connectivity index (χ2n) is 6.82. The average molecular weight is 283 g/mol. The molecule has 0 aromatic carbocycles. The van der Waals surface area contributed by atoms with Gasteiger partial charge in [-0.25, -0.2) is 0 Å². The van der Waals surface area contributed by atoms with Crippen LogP contribution >= 0.6 is 11.9 Å². The summed E-state index contributed by atoms with van der Waals surface area (Å²) >= 11 is 1.89. The van der Waals surface area contributed by atoms with Crippen LogP contribution in [-0.4, -0.2) is 49.4 Å². The first kappa shape index (κ1) is 14.2. The Morgan fingerprint density at radius 3 is 2.74 bits per heavy atom. The molecule has 0 aromatic rings. The van der Waals surface area contributed by atoms with Crippen molar-refractivity contribution in [3.05, 3.63) is 0 Å². The summed E-state index contributed by atoms with van der Waals surface area (Å²) in [6.45, 7) is 8.76. The van der Waals surface area contributed by atoms with Crippen LogP contribution in [-0.2, 0) is 0 Å². The molecule has 4 heteroatoms. The van der Waals surface area contributed by atoms with E-state index in [0.717, 1.165) is 17.4 Å². The van der Waals surface area contributed by atoms with Gasteiger partial charge in [0.25, 0.3) is 0 Å². The standard InChI is InChI=1S/C15H29N3S/c1-2-19-17-14-9-15(10-14)4-7-18(8-5-15)12-13-3-6-16-11-13/h13-14,16-17H,2-12H2,1H3. The summed E-state index contributed by atoms with van der Waals surface area (Å²) in [6, 6.07) is 0.801. The van der Waals surface area contributed by atoms with E-state index in [1.807, 2.05) is 11.9 Å². The molecule has 0 radical (unpaired) electrons. The van der Waals surface area contributed by atoms with E-state index in [4.69, 9.17) is 0 Å². The highest BCUT2D eigenvalue weighted by Gasteiger charge is 2.45. The van der Waals surface area contributed by atoms with Crippen molar-refractivity contribution in [3.8, 4) is 0 Å². The van der Waals surface area contributed by atoms with Crippen LogP contribution < -0.4 is 10.0 Å². The zero-order valence-corrected chi connectivity index (χ0v) is 13.1. The highest BCUT2D eigenvalue weighted by molar-refractivity contribution is 7.97. The van der Waals surface area contributed by atoms with E-state index < -0.39 is 0 Å². The average Bonchev–Trinajstić information content (AvgIpc) is 2.88. The lowest BCUT2D eigenvalue weighted by Gasteiger charge is -2.52. The summed E-state index contributed by atoms with van der Waals surface area (Å²) in [7, 11) is 0. The molecule has 2 aliphatic heterocycles. The van der Waals surface area contributed by atoms with Crippen molar-refractivity contribution in [3.63, 3.8) is 0 Å². The summed E-state index contributed by atoms with van der Waals surface area (Å²) in [5, 5.41) is 3.49. The van der Waals surface area contributed by atoms with Crippen molar-refractivity contribution in [2.45, 2.75) is 45.1 Å². The van der Waals surface area contributed by atoms with Gasteiger partial charge in [0, 0.05) is 18.3 Å². The van der Waals surface area contributed by atoms with Gasteiger partial charge in [-0.1, -0.05) is 18.9 Å². The molecule has 1 atom stereocenters. The Morgan fingerprint density at radius 2 is 2.11 bits per heavy atom. The highest BCUT2D eigenvalue weighted by Crippen LogP contribution is 2.49. The molecule has 2 heterocycles. The fourth-order valence-corrected chi connectivity index (χ4v) is 4.69. The molecule has 1 spiro atoms. The molecule has 2 saturated heterocycles. The van der Waals surface area contributed by atoms with Crippen LogP contribution in [0.25, 0.3) is 0 Å². The molecular weight excluding hydrogens is 254 g/mol. The van der Waals surface area contributed by atoms with Crippen LogP contribution in [0.4, 0.5) is 0 Å². The van der Waals surface area contributed by atoms with E-state index in [9.17, 15) is 0 Å². The molecular formula is C15H29N3S. The Labute approximate surface area is 122 Å². The van der Waals surface area contributed by atoms with Crippen molar-refractivity contribution in [1.82, 2.24) is 14.9 Å². The number of nitrogens with zero attached hydrogens (tertiary/aromatic N) is 1. The van der Waals surface area contributed by atoms with E-state index in [0.29, 0.717) is 0 Å². The zero-order chi connectivity index (χ0) is 13.1. The van der Waals surface area contributed by atoms with Crippen LogP contribution in [0.3, 0.4) is 0 Å². The number of rotatable bonds is 5. The monoisotopic (exact) mass is 283 g/mol. The topological polar surface area (TPSA) is 27.3 Å². The maximum atomic E-state index is 3.61. The largest absolute Gasteiger partial charge is 0.316 e. The van der Waals surface area contributed by atoms with Gasteiger partial charge in [0.1, 0.15) is 0 Å². The second kappa shape index (κ2) is 6.33. The van der Waals surface area contributed by atoms with Crippen molar-refractivity contribution in [2.24, 2.45) is 11.3 Å². The first-order valence-corrected chi connectivity index (χ1v) is 9.09. The third-order valence-corrected chi connectivity index (χ3v) is 6.14. The SMILES string of the molecule is CCSNC1CC2(CCN(CC3CCNC3)CC2)C1. The van der Waals surface area contributed by atoms with E-state index in [1.54, 1.807) is 0 Å². The molecule has 110 valence electrons. The molecule has 1 aliphatic carbocycles. The quantitative estimate of drug-likeness (QED) is 0.756. The molecule has 0 aromatic heterocycles. The van der Waals surface area contributed by atoms with Crippen LogP contribution in [0.15, 0.2) is 0 Å². The van der Waals surface area contributed by atoms with Crippen LogP contribution in [0.2, 0.25) is 0 Å². The predicted molar refractivity (Wildman–Crippen MR) is 83.4 cm³/mol. The van der Waals surface area contributed by atoms with E-state index in [2.05, 4.69) is 21.9 Å². The molecule has 2 N–H and O–H groups in total. The Morgan fingerprint density at radius 1 is 1.32 bits per heavy atom. The minimum Gasteiger partial charge on any atom is -0.316 e. The molecule has 0 amide bonds. The first-order valence-electron chi connectivity index (χ1n) is 8.10. The van der Waals surface area contributed by atoms with Gasteiger partial charge >= 0.3 is 0 Å². The third-order valence-electron chi connectivity index (χ3n) is 5.35. The molecule has 1 saturated carbocycles. The number of hydrogen-bond acceptors (Lipinski definition) is 4. The zero-order valence-electron chi connectivity index (χ0n) is 12.3. The predicted octanol–water partition coefficient (Wildman–Crippen LogP) is 2.10. The number of hydrogen-bond donors (Lipinski definition) is 2. The van der Waals surface area contributed by atoms with E-state index >= 15 is 0 Å². The fourth-order valence-electron chi connectivity index (χ4n) is 4.12. The Hall–Kier alpha value is 0.230. The van der Waals surface area contributed by atoms with Crippen LogP contribution in [0.1, 0.15) is 39.0 Å². The molecule has 0 bridgehead atoms. The molecule has 3 aliphatic rings. The Balaban J connectivity index is 1.36. The lowest BCUT2D eigenvalue weighted by atomic mass is 9.60. The second-order valence-corrected chi connectivity index (χ2v) is 7.92. The van der Waals surface area contributed by atoms with Gasteiger partial charge < -0.3 is 10.2 Å². The minimum atomic E-state index is 0.719. The third kappa shape index (κ3) is 3.46. The van der Waals surface area contributed by atoms with E-state index in [-0.39, 0.29) is 0 Å². The lowest BCUT2D eigenvalue weighted by Crippen LogP contribution is -2.53. The maximum absolute atomic E-state index is 3.61. The summed E-state index contributed by atoms with van der Waals surface area (Å²) in [4.78, 5) is 2.73. The van der Waals surface area contributed by atoms with Gasteiger partial charge in [-0.3, -0.25) is 4.72 Å². The molecule has 1 unspecified atom stereocenters. The summed E-state index contributed by atoms with van der Waals surface area (Å²) < 4.78 is 3.61. The minimum absolute atomic E-state index is 0.719. The summed E-state index contributed by atoms with van der Waals surface area (Å²) in [5.41, 5.74) is 0.719. The van der Waals surface area contributed by atoms with Gasteiger partial charge in [0.05, 0.1) is 0 Å². The fraction of sp³-hybridized carbons (Fsp3) is 1.00. The lowest BCUT2D eigenvalue weighted by molar-refractivity contribution is 0.0101. The number of likely N-dealkylation sites (tertiary alicyclic amines) is 1. The van der Waals surface area contributed by atoms with Gasteiger partial charge in [-0.15, -0.1) is 0 Å². The van der Waals surface area contributed by atoms with Gasteiger partial charge in [-0.05, 0) is 69.6 Å². The van der Waals surface area contributed by atoms with Crippen molar-refractivity contribution < 1.29 is 0 Å². The highest BCUT2D eigenvalue weighted by atomic mass is 32.2. The van der Waals surface area contributed by atoms with Crippen LogP contribution in [0, 0.1) is 11.3 Å². The van der Waals surface area contributed by atoms with Gasteiger partial charge in [0.15, 0.2) is 0 Å². The van der Waals surface area contributed by atoms with Gasteiger partial charge in [-0.2, -0.15) is 0 Å². The van der Waals surface area contributed by atoms with Crippen LogP contribution in [0.5, 0.6) is 0 Å². The van der Waals surface area contributed by atoms with E-state index in [1.165, 1.54) is 70.6 Å². The molecule has 3 nitrogen and oxygen atoms in total.